The van der Waals surface area contributed by atoms with Crippen molar-refractivity contribution in [3.05, 3.63) is 84.8 Å². The van der Waals surface area contributed by atoms with E-state index in [1.165, 1.54) is 30.6 Å². The molecule has 0 unspecified atom stereocenters. The summed E-state index contributed by atoms with van der Waals surface area (Å²) in [5.74, 6) is -0.489. The summed E-state index contributed by atoms with van der Waals surface area (Å²) >= 11 is 0. The van der Waals surface area contributed by atoms with Gasteiger partial charge in [-0.2, -0.15) is 5.10 Å². The molecule has 0 radical (unpaired) electrons. The molecule has 10 heteroatoms. The third-order valence-electron chi connectivity index (χ3n) is 4.09. The SMILES string of the molecule is O=C(Nc1cccc(S(=O)(=O)Nc2ncccn2)c1)c1cc(-c2ccccc2)n[nH]1. The third kappa shape index (κ3) is 4.33. The number of benzene rings is 2. The lowest BCUT2D eigenvalue weighted by Crippen LogP contribution is -2.16. The van der Waals surface area contributed by atoms with E-state index in [1.807, 2.05) is 30.3 Å². The van der Waals surface area contributed by atoms with E-state index in [2.05, 4.69) is 30.2 Å². The van der Waals surface area contributed by atoms with Gasteiger partial charge in [0.25, 0.3) is 15.9 Å². The van der Waals surface area contributed by atoms with Gasteiger partial charge in [0.15, 0.2) is 0 Å². The van der Waals surface area contributed by atoms with Crippen molar-refractivity contribution < 1.29 is 13.2 Å². The monoisotopic (exact) mass is 420 g/mol. The molecule has 0 fully saturated rings. The zero-order chi connectivity index (χ0) is 21.0. The maximum absolute atomic E-state index is 12.5. The second-order valence-corrected chi connectivity index (χ2v) is 7.88. The normalized spacial score (nSPS) is 11.1. The Hall–Kier alpha value is -4.05. The van der Waals surface area contributed by atoms with Crippen LogP contribution in [0.15, 0.2) is 84.0 Å². The van der Waals surface area contributed by atoms with Gasteiger partial charge in [-0.1, -0.05) is 36.4 Å². The molecule has 1 amide bonds. The maximum Gasteiger partial charge on any atom is 0.273 e. The molecule has 0 spiro atoms. The first-order valence-corrected chi connectivity index (χ1v) is 10.3. The molecule has 4 rings (SSSR count). The smallest absolute Gasteiger partial charge is 0.273 e. The summed E-state index contributed by atoms with van der Waals surface area (Å²) in [6, 6.07) is 18.5. The molecule has 4 aromatic rings. The van der Waals surface area contributed by atoms with Gasteiger partial charge in [0.2, 0.25) is 5.95 Å². The highest BCUT2D eigenvalue weighted by atomic mass is 32.2. The summed E-state index contributed by atoms with van der Waals surface area (Å²) in [4.78, 5) is 20.2. The topological polar surface area (TPSA) is 130 Å². The number of sulfonamides is 1. The van der Waals surface area contributed by atoms with Gasteiger partial charge < -0.3 is 5.32 Å². The van der Waals surface area contributed by atoms with Crippen LogP contribution in [0.1, 0.15) is 10.5 Å². The highest BCUT2D eigenvalue weighted by Gasteiger charge is 2.17. The van der Waals surface area contributed by atoms with Crippen molar-refractivity contribution in [2.24, 2.45) is 0 Å². The van der Waals surface area contributed by atoms with E-state index in [4.69, 9.17) is 0 Å². The zero-order valence-electron chi connectivity index (χ0n) is 15.5. The Bertz CT molecular complexity index is 1270. The number of carbonyl (C=O) groups excluding carboxylic acids is 1. The Morgan fingerprint density at radius 1 is 0.900 bits per heavy atom. The summed E-state index contributed by atoms with van der Waals surface area (Å²) in [5.41, 5.74) is 2.06. The van der Waals surface area contributed by atoms with E-state index < -0.39 is 15.9 Å². The van der Waals surface area contributed by atoms with Crippen LogP contribution < -0.4 is 10.0 Å². The molecule has 2 heterocycles. The zero-order valence-corrected chi connectivity index (χ0v) is 16.3. The molecule has 2 aromatic carbocycles. The number of rotatable bonds is 6. The molecule has 0 bridgehead atoms. The summed E-state index contributed by atoms with van der Waals surface area (Å²) in [7, 11) is -3.91. The maximum atomic E-state index is 12.5. The standard InChI is InChI=1S/C20H16N6O3S/c27-19(18-13-17(24-25-18)14-6-2-1-3-7-14)23-15-8-4-9-16(12-15)30(28,29)26-20-21-10-5-11-22-20/h1-13H,(H,23,27)(H,24,25)(H,21,22,26). The van der Waals surface area contributed by atoms with E-state index >= 15 is 0 Å². The molecule has 2 aromatic heterocycles. The largest absolute Gasteiger partial charge is 0.321 e. The molecular weight excluding hydrogens is 404 g/mol. The summed E-state index contributed by atoms with van der Waals surface area (Å²) in [6.45, 7) is 0. The molecule has 0 saturated heterocycles. The number of aromatic nitrogens is 4. The van der Waals surface area contributed by atoms with E-state index in [0.29, 0.717) is 11.4 Å². The minimum atomic E-state index is -3.91. The molecule has 9 nitrogen and oxygen atoms in total. The summed E-state index contributed by atoms with van der Waals surface area (Å²) < 4.78 is 27.4. The highest BCUT2D eigenvalue weighted by Crippen LogP contribution is 2.20. The lowest BCUT2D eigenvalue weighted by atomic mass is 10.1. The van der Waals surface area contributed by atoms with Crippen LogP contribution in [0.4, 0.5) is 11.6 Å². The number of aromatic amines is 1. The van der Waals surface area contributed by atoms with Crippen LogP contribution in [-0.2, 0) is 10.0 Å². The average Bonchev–Trinajstić information content (AvgIpc) is 3.26. The second-order valence-electron chi connectivity index (χ2n) is 6.19. The number of carbonyl (C=O) groups is 1. The number of nitrogens with one attached hydrogen (secondary N) is 3. The average molecular weight is 420 g/mol. The third-order valence-corrected chi connectivity index (χ3v) is 5.41. The van der Waals surface area contributed by atoms with Crippen molar-refractivity contribution in [1.29, 1.82) is 0 Å². The van der Waals surface area contributed by atoms with Crippen molar-refractivity contribution in [2.45, 2.75) is 4.90 Å². The van der Waals surface area contributed by atoms with Gasteiger partial charge >= 0.3 is 0 Å². The Morgan fingerprint density at radius 3 is 2.43 bits per heavy atom. The summed E-state index contributed by atoms with van der Waals surface area (Å²) in [6.07, 6.45) is 2.85. The van der Waals surface area contributed by atoms with Crippen LogP contribution in [0.2, 0.25) is 0 Å². The molecule has 0 atom stereocenters. The molecule has 150 valence electrons. The van der Waals surface area contributed by atoms with Crippen LogP contribution in [0.25, 0.3) is 11.3 Å². The van der Waals surface area contributed by atoms with E-state index in [0.717, 1.165) is 5.56 Å². The Morgan fingerprint density at radius 2 is 1.67 bits per heavy atom. The number of hydrogen-bond acceptors (Lipinski definition) is 6. The van der Waals surface area contributed by atoms with Crippen molar-refractivity contribution in [1.82, 2.24) is 20.2 Å². The Labute approximate surface area is 172 Å². The van der Waals surface area contributed by atoms with Crippen LogP contribution in [0.5, 0.6) is 0 Å². The molecule has 0 aliphatic heterocycles. The van der Waals surface area contributed by atoms with Gasteiger partial charge in [0.1, 0.15) is 5.69 Å². The van der Waals surface area contributed by atoms with Gasteiger partial charge in [-0.3, -0.25) is 9.89 Å². The van der Waals surface area contributed by atoms with Crippen LogP contribution >= 0.6 is 0 Å². The first kappa shape index (κ1) is 19.3. The number of H-pyrrole nitrogens is 1. The predicted octanol–water partition coefficient (Wildman–Crippen LogP) is 2.92. The quantitative estimate of drug-likeness (QED) is 0.440. The van der Waals surface area contributed by atoms with Crippen molar-refractivity contribution in [3.8, 4) is 11.3 Å². The lowest BCUT2D eigenvalue weighted by molar-refractivity contribution is 0.102. The molecule has 0 saturated carbocycles. The van der Waals surface area contributed by atoms with Crippen LogP contribution in [0, 0.1) is 0 Å². The minimum absolute atomic E-state index is 0.0395. The first-order valence-electron chi connectivity index (χ1n) is 8.83. The molecule has 0 aliphatic rings. The lowest BCUT2D eigenvalue weighted by Gasteiger charge is -2.08. The van der Waals surface area contributed by atoms with Gasteiger partial charge in [0.05, 0.1) is 10.6 Å². The van der Waals surface area contributed by atoms with Gasteiger partial charge in [-0.05, 0) is 30.3 Å². The number of nitrogens with zero attached hydrogens (tertiary/aromatic N) is 3. The minimum Gasteiger partial charge on any atom is -0.321 e. The molecule has 0 aliphatic carbocycles. The Kier molecular flexibility index (Phi) is 5.22. The van der Waals surface area contributed by atoms with Gasteiger partial charge in [-0.25, -0.2) is 23.1 Å². The van der Waals surface area contributed by atoms with Crippen molar-refractivity contribution >= 4 is 27.6 Å². The fourth-order valence-electron chi connectivity index (χ4n) is 2.67. The highest BCUT2D eigenvalue weighted by molar-refractivity contribution is 7.92. The second kappa shape index (κ2) is 8.13. The summed E-state index contributed by atoms with van der Waals surface area (Å²) in [5, 5.41) is 9.51. The van der Waals surface area contributed by atoms with Crippen LogP contribution in [0.3, 0.4) is 0 Å². The predicted molar refractivity (Wildman–Crippen MR) is 111 cm³/mol. The van der Waals surface area contributed by atoms with E-state index in [9.17, 15) is 13.2 Å². The number of amides is 1. The van der Waals surface area contributed by atoms with Crippen LogP contribution in [-0.4, -0.2) is 34.5 Å². The van der Waals surface area contributed by atoms with Gasteiger partial charge in [0, 0.05) is 23.6 Å². The van der Waals surface area contributed by atoms with E-state index in [-0.39, 0.29) is 16.5 Å². The Balaban J connectivity index is 1.51. The molecular formula is C20H16N6O3S. The molecule has 30 heavy (non-hydrogen) atoms. The van der Waals surface area contributed by atoms with Crippen molar-refractivity contribution in [2.75, 3.05) is 10.0 Å². The number of anilines is 2. The fourth-order valence-corrected chi connectivity index (χ4v) is 3.67. The fraction of sp³-hybridized carbons (Fsp3) is 0. The van der Waals surface area contributed by atoms with E-state index in [1.54, 1.807) is 18.2 Å². The van der Waals surface area contributed by atoms with Gasteiger partial charge in [-0.15, -0.1) is 0 Å². The van der Waals surface area contributed by atoms with Crippen molar-refractivity contribution in [3.63, 3.8) is 0 Å². The number of hydrogen-bond donors (Lipinski definition) is 3. The molecule has 3 N–H and O–H groups in total. The first-order chi connectivity index (χ1) is 14.5.